The lowest BCUT2D eigenvalue weighted by Crippen LogP contribution is -2.44. The maximum atomic E-state index is 11.8. The van der Waals surface area contributed by atoms with Gasteiger partial charge in [-0.2, -0.15) is 0 Å². The predicted molar refractivity (Wildman–Crippen MR) is 95.3 cm³/mol. The molecule has 1 aliphatic heterocycles. The summed E-state index contributed by atoms with van der Waals surface area (Å²) in [4.78, 5) is 15.4. The van der Waals surface area contributed by atoms with Crippen molar-refractivity contribution in [2.75, 3.05) is 52.1 Å². The molecule has 1 heterocycles. The molecule has 1 saturated heterocycles. The van der Waals surface area contributed by atoms with Gasteiger partial charge in [-0.3, -0.25) is 4.79 Å². The molecule has 1 amide bonds. The van der Waals surface area contributed by atoms with Crippen molar-refractivity contribution in [1.82, 2.24) is 15.5 Å². The molecule has 2 N–H and O–H groups in total. The minimum Gasteiger partial charge on any atom is -0.497 e. The number of carbonyl (C=O) groups is 1. The number of amides is 1. The molecule has 5 nitrogen and oxygen atoms in total. The number of hydrogen-bond acceptors (Lipinski definition) is 5. The molecule has 0 saturated carbocycles. The number of benzene rings is 1. The molecule has 0 aliphatic carbocycles. The van der Waals surface area contributed by atoms with Crippen molar-refractivity contribution < 1.29 is 9.53 Å². The molecule has 23 heavy (non-hydrogen) atoms. The smallest absolute Gasteiger partial charge is 0.220 e. The van der Waals surface area contributed by atoms with Crippen molar-refractivity contribution in [3.05, 3.63) is 24.3 Å². The van der Waals surface area contributed by atoms with Crippen LogP contribution in [0.3, 0.4) is 0 Å². The highest BCUT2D eigenvalue weighted by atomic mass is 32.2. The predicted octanol–water partition coefficient (Wildman–Crippen LogP) is 1.59. The Kier molecular flexibility index (Phi) is 8.28. The second-order valence-electron chi connectivity index (χ2n) is 5.57. The van der Waals surface area contributed by atoms with E-state index in [0.717, 1.165) is 62.1 Å². The molecule has 6 heteroatoms. The van der Waals surface area contributed by atoms with Crippen LogP contribution in [0.15, 0.2) is 29.2 Å². The van der Waals surface area contributed by atoms with Crippen molar-refractivity contribution in [2.45, 2.75) is 17.7 Å². The first-order valence-corrected chi connectivity index (χ1v) is 9.23. The second kappa shape index (κ2) is 10.5. The van der Waals surface area contributed by atoms with Crippen molar-refractivity contribution in [3.63, 3.8) is 0 Å². The summed E-state index contributed by atoms with van der Waals surface area (Å²) in [5, 5.41) is 6.36. The minimum absolute atomic E-state index is 0.145. The number of nitrogens with one attached hydrogen (secondary N) is 2. The van der Waals surface area contributed by atoms with E-state index in [-0.39, 0.29) is 5.91 Å². The molecule has 0 atom stereocenters. The third kappa shape index (κ3) is 7.24. The highest BCUT2D eigenvalue weighted by molar-refractivity contribution is 7.99. The molecule has 0 unspecified atom stereocenters. The Bertz CT molecular complexity index is 461. The normalized spacial score (nSPS) is 15.3. The maximum Gasteiger partial charge on any atom is 0.220 e. The summed E-state index contributed by atoms with van der Waals surface area (Å²) in [6.45, 7) is 6.24. The fourth-order valence-corrected chi connectivity index (χ4v) is 3.34. The minimum atomic E-state index is 0.145. The van der Waals surface area contributed by atoms with Crippen LogP contribution in [0.25, 0.3) is 0 Å². The van der Waals surface area contributed by atoms with Gasteiger partial charge in [-0.15, -0.1) is 11.8 Å². The van der Waals surface area contributed by atoms with Gasteiger partial charge in [-0.05, 0) is 37.2 Å². The van der Waals surface area contributed by atoms with Gasteiger partial charge < -0.3 is 20.3 Å². The second-order valence-corrected chi connectivity index (χ2v) is 6.74. The molecule has 0 aromatic heterocycles. The molecule has 2 rings (SSSR count). The zero-order valence-corrected chi connectivity index (χ0v) is 14.7. The highest BCUT2D eigenvalue weighted by Gasteiger charge is 2.08. The van der Waals surface area contributed by atoms with E-state index in [1.807, 2.05) is 24.3 Å². The summed E-state index contributed by atoms with van der Waals surface area (Å²) in [7, 11) is 1.66. The molecule has 128 valence electrons. The number of ether oxygens (including phenoxy) is 1. The van der Waals surface area contributed by atoms with Gasteiger partial charge in [0.25, 0.3) is 0 Å². The van der Waals surface area contributed by atoms with Gasteiger partial charge in [-0.1, -0.05) is 0 Å². The van der Waals surface area contributed by atoms with E-state index in [1.54, 1.807) is 18.9 Å². The number of thioether (sulfide) groups is 1. The van der Waals surface area contributed by atoms with Crippen LogP contribution in [0.1, 0.15) is 12.8 Å². The van der Waals surface area contributed by atoms with Gasteiger partial charge in [0.2, 0.25) is 5.91 Å². The van der Waals surface area contributed by atoms with Crippen LogP contribution < -0.4 is 15.4 Å². The lowest BCUT2D eigenvalue weighted by atomic mass is 10.3. The van der Waals surface area contributed by atoms with Crippen molar-refractivity contribution in [1.29, 1.82) is 0 Å². The van der Waals surface area contributed by atoms with Crippen LogP contribution in [0.2, 0.25) is 0 Å². The molecular weight excluding hydrogens is 310 g/mol. The Hall–Kier alpha value is -1.24. The molecule has 1 aromatic rings. The Morgan fingerprint density at radius 1 is 1.30 bits per heavy atom. The summed E-state index contributed by atoms with van der Waals surface area (Å²) in [6.07, 6.45) is 1.59. The topological polar surface area (TPSA) is 53.6 Å². The molecule has 0 spiro atoms. The molecule has 1 aromatic carbocycles. The van der Waals surface area contributed by atoms with E-state index in [9.17, 15) is 4.79 Å². The largest absolute Gasteiger partial charge is 0.497 e. The van der Waals surface area contributed by atoms with Crippen molar-refractivity contribution in [3.8, 4) is 5.75 Å². The lowest BCUT2D eigenvalue weighted by Gasteiger charge is -2.27. The first kappa shape index (κ1) is 18.1. The summed E-state index contributed by atoms with van der Waals surface area (Å²) in [5.41, 5.74) is 0. The first-order valence-electron chi connectivity index (χ1n) is 8.24. The van der Waals surface area contributed by atoms with Gasteiger partial charge >= 0.3 is 0 Å². The van der Waals surface area contributed by atoms with E-state index in [4.69, 9.17) is 4.74 Å². The van der Waals surface area contributed by atoms with E-state index in [1.165, 1.54) is 0 Å². The Labute approximate surface area is 143 Å². The van der Waals surface area contributed by atoms with Crippen LogP contribution in [-0.4, -0.2) is 62.9 Å². The molecule has 0 bridgehead atoms. The molecule has 0 radical (unpaired) electrons. The van der Waals surface area contributed by atoms with Crippen LogP contribution in [0.4, 0.5) is 0 Å². The summed E-state index contributed by atoms with van der Waals surface area (Å²) >= 11 is 1.70. The highest BCUT2D eigenvalue weighted by Crippen LogP contribution is 2.21. The van der Waals surface area contributed by atoms with E-state index >= 15 is 0 Å². The molecule has 1 fully saturated rings. The average Bonchev–Trinajstić information content (AvgIpc) is 2.60. The van der Waals surface area contributed by atoms with E-state index in [2.05, 4.69) is 15.5 Å². The summed E-state index contributed by atoms with van der Waals surface area (Å²) in [6, 6.07) is 7.93. The number of nitrogens with zero attached hydrogens (tertiary/aromatic N) is 1. The third-order valence-electron chi connectivity index (χ3n) is 3.84. The quantitative estimate of drug-likeness (QED) is 0.529. The van der Waals surface area contributed by atoms with Crippen molar-refractivity contribution >= 4 is 17.7 Å². The maximum absolute atomic E-state index is 11.8. The van der Waals surface area contributed by atoms with Gasteiger partial charge in [0, 0.05) is 49.8 Å². The summed E-state index contributed by atoms with van der Waals surface area (Å²) < 4.78 is 5.13. The van der Waals surface area contributed by atoms with Crippen LogP contribution in [0.5, 0.6) is 5.75 Å². The summed E-state index contributed by atoms with van der Waals surface area (Å²) in [5.74, 6) is 1.80. The number of hydrogen-bond donors (Lipinski definition) is 2. The van der Waals surface area contributed by atoms with Gasteiger partial charge in [-0.25, -0.2) is 0 Å². The standard InChI is InChI=1S/C17H27N3O2S/c1-22-15-3-5-16(6-4-15)23-14-7-17(21)19-8-2-11-20-12-9-18-10-13-20/h3-6,18H,2,7-14H2,1H3,(H,19,21). The third-order valence-corrected chi connectivity index (χ3v) is 4.85. The van der Waals surface area contributed by atoms with Crippen LogP contribution in [-0.2, 0) is 4.79 Å². The van der Waals surface area contributed by atoms with Gasteiger partial charge in [0.15, 0.2) is 0 Å². The zero-order valence-electron chi connectivity index (χ0n) is 13.8. The van der Waals surface area contributed by atoms with Gasteiger partial charge in [0.05, 0.1) is 7.11 Å². The number of rotatable bonds is 9. The average molecular weight is 337 g/mol. The fourth-order valence-electron chi connectivity index (χ4n) is 2.49. The van der Waals surface area contributed by atoms with Crippen molar-refractivity contribution in [2.24, 2.45) is 0 Å². The Balaban J connectivity index is 1.50. The lowest BCUT2D eigenvalue weighted by molar-refractivity contribution is -0.120. The zero-order chi connectivity index (χ0) is 16.3. The van der Waals surface area contributed by atoms with Crippen LogP contribution >= 0.6 is 11.8 Å². The molecule has 1 aliphatic rings. The molecular formula is C17H27N3O2S. The SMILES string of the molecule is COc1ccc(SCCC(=O)NCCCN2CCNCC2)cc1. The van der Waals surface area contributed by atoms with Crippen LogP contribution in [0, 0.1) is 0 Å². The van der Waals surface area contributed by atoms with Gasteiger partial charge in [0.1, 0.15) is 5.75 Å². The number of methoxy groups -OCH3 is 1. The van der Waals surface area contributed by atoms with E-state index in [0.29, 0.717) is 6.42 Å². The Morgan fingerprint density at radius 3 is 2.74 bits per heavy atom. The van der Waals surface area contributed by atoms with E-state index < -0.39 is 0 Å². The monoisotopic (exact) mass is 337 g/mol. The Morgan fingerprint density at radius 2 is 2.04 bits per heavy atom. The fraction of sp³-hybridized carbons (Fsp3) is 0.588. The first-order chi connectivity index (χ1) is 11.3. The number of piperazine rings is 1. The number of carbonyl (C=O) groups excluding carboxylic acids is 1.